The van der Waals surface area contributed by atoms with Gasteiger partial charge in [-0.15, -0.1) is 0 Å². The van der Waals surface area contributed by atoms with Crippen molar-refractivity contribution in [2.24, 2.45) is 0 Å². The summed E-state index contributed by atoms with van der Waals surface area (Å²) in [6, 6.07) is 0. The summed E-state index contributed by atoms with van der Waals surface area (Å²) in [7, 11) is 0. The van der Waals surface area contributed by atoms with E-state index in [0.29, 0.717) is 19.3 Å². The predicted molar refractivity (Wildman–Crippen MR) is 311 cm³/mol. The van der Waals surface area contributed by atoms with Gasteiger partial charge in [-0.05, 0) is 89.9 Å². The van der Waals surface area contributed by atoms with E-state index >= 15 is 0 Å². The van der Waals surface area contributed by atoms with E-state index in [2.05, 4.69) is 93.7 Å². The predicted octanol–water partition coefficient (Wildman–Crippen LogP) is 20.9. The third kappa shape index (κ3) is 57.7. The highest BCUT2D eigenvalue weighted by molar-refractivity contribution is 5.71. The van der Waals surface area contributed by atoms with Crippen molar-refractivity contribution in [1.29, 1.82) is 0 Å². The van der Waals surface area contributed by atoms with E-state index in [-0.39, 0.29) is 31.1 Å². The van der Waals surface area contributed by atoms with Crippen LogP contribution in [0.3, 0.4) is 0 Å². The van der Waals surface area contributed by atoms with Crippen molar-refractivity contribution in [3.8, 4) is 0 Å². The van der Waals surface area contributed by atoms with Gasteiger partial charge in [-0.3, -0.25) is 14.4 Å². The zero-order valence-electron chi connectivity index (χ0n) is 47.7. The molecule has 0 saturated heterocycles. The minimum absolute atomic E-state index is 0.0748. The normalized spacial score (nSPS) is 12.5. The molecule has 416 valence electrons. The number of unbranched alkanes of at least 4 members (excludes halogenated alkanes) is 33. The summed E-state index contributed by atoms with van der Waals surface area (Å²) in [6.07, 6.45) is 77.7. The monoisotopic (exact) mass is 1000 g/mol. The van der Waals surface area contributed by atoms with E-state index in [0.717, 1.165) is 96.3 Å². The number of allylic oxidation sites excluding steroid dienone is 12. The molecule has 0 rings (SSSR count). The Morgan fingerprint density at radius 1 is 0.292 bits per heavy atom. The first-order valence-electron chi connectivity index (χ1n) is 30.9. The topological polar surface area (TPSA) is 78.9 Å². The Morgan fingerprint density at radius 2 is 0.542 bits per heavy atom. The highest BCUT2D eigenvalue weighted by atomic mass is 16.6. The van der Waals surface area contributed by atoms with Crippen molar-refractivity contribution < 1.29 is 28.6 Å². The fourth-order valence-corrected chi connectivity index (χ4v) is 8.82. The molecule has 0 bridgehead atoms. The molecule has 0 aliphatic rings. The van der Waals surface area contributed by atoms with Crippen molar-refractivity contribution in [2.75, 3.05) is 13.2 Å². The van der Waals surface area contributed by atoms with E-state index in [4.69, 9.17) is 14.2 Å². The van der Waals surface area contributed by atoms with E-state index < -0.39 is 6.10 Å². The van der Waals surface area contributed by atoms with Crippen LogP contribution < -0.4 is 0 Å². The summed E-state index contributed by atoms with van der Waals surface area (Å²) in [5.74, 6) is -0.873. The van der Waals surface area contributed by atoms with Crippen molar-refractivity contribution in [2.45, 2.75) is 316 Å². The van der Waals surface area contributed by atoms with Gasteiger partial charge in [-0.2, -0.15) is 0 Å². The van der Waals surface area contributed by atoms with Crippen LogP contribution in [0.15, 0.2) is 72.9 Å². The maximum Gasteiger partial charge on any atom is 0.306 e. The number of carbonyl (C=O) groups excluding carboxylic acids is 3. The fraction of sp³-hybridized carbons (Fsp3) is 0.773. The average molecular weight is 1010 g/mol. The first-order chi connectivity index (χ1) is 35.5. The lowest BCUT2D eigenvalue weighted by Crippen LogP contribution is -2.30. The molecule has 0 amide bonds. The average Bonchev–Trinajstić information content (AvgIpc) is 3.38. The quantitative estimate of drug-likeness (QED) is 0.0261. The van der Waals surface area contributed by atoms with Crippen LogP contribution in [0.2, 0.25) is 0 Å². The molecular formula is C66H116O6. The lowest BCUT2D eigenvalue weighted by atomic mass is 10.0. The van der Waals surface area contributed by atoms with Gasteiger partial charge in [-0.1, -0.05) is 273 Å². The summed E-state index contributed by atoms with van der Waals surface area (Å²) in [6.45, 7) is 6.53. The van der Waals surface area contributed by atoms with Crippen molar-refractivity contribution in [3.63, 3.8) is 0 Å². The van der Waals surface area contributed by atoms with E-state index in [1.165, 1.54) is 173 Å². The molecular weight excluding hydrogens is 889 g/mol. The number of carbonyl (C=O) groups is 3. The van der Waals surface area contributed by atoms with Crippen molar-refractivity contribution >= 4 is 17.9 Å². The molecule has 0 aromatic heterocycles. The number of esters is 3. The second-order valence-corrected chi connectivity index (χ2v) is 20.6. The van der Waals surface area contributed by atoms with Crippen LogP contribution >= 0.6 is 0 Å². The van der Waals surface area contributed by atoms with Gasteiger partial charge in [-0.25, -0.2) is 0 Å². The molecule has 0 fully saturated rings. The van der Waals surface area contributed by atoms with Gasteiger partial charge in [0.05, 0.1) is 0 Å². The molecule has 1 atom stereocenters. The molecule has 6 nitrogen and oxygen atoms in total. The van der Waals surface area contributed by atoms with Crippen LogP contribution in [0.5, 0.6) is 0 Å². The molecule has 0 saturated carbocycles. The van der Waals surface area contributed by atoms with E-state index in [9.17, 15) is 14.4 Å². The van der Waals surface area contributed by atoms with Crippen molar-refractivity contribution in [3.05, 3.63) is 72.9 Å². The molecule has 0 N–H and O–H groups in total. The lowest BCUT2D eigenvalue weighted by Gasteiger charge is -2.18. The van der Waals surface area contributed by atoms with Gasteiger partial charge in [0.25, 0.3) is 0 Å². The van der Waals surface area contributed by atoms with Crippen LogP contribution in [0.1, 0.15) is 310 Å². The molecule has 0 aromatic carbocycles. The van der Waals surface area contributed by atoms with E-state index in [1.807, 2.05) is 0 Å². The molecule has 72 heavy (non-hydrogen) atoms. The number of rotatable bonds is 56. The fourth-order valence-electron chi connectivity index (χ4n) is 8.82. The van der Waals surface area contributed by atoms with Crippen molar-refractivity contribution in [1.82, 2.24) is 0 Å². The van der Waals surface area contributed by atoms with Crippen LogP contribution in [0.4, 0.5) is 0 Å². The Bertz CT molecular complexity index is 1340. The highest BCUT2D eigenvalue weighted by Crippen LogP contribution is 2.16. The van der Waals surface area contributed by atoms with Gasteiger partial charge >= 0.3 is 17.9 Å². The summed E-state index contributed by atoms with van der Waals surface area (Å²) in [5, 5.41) is 0. The largest absolute Gasteiger partial charge is 0.462 e. The smallest absolute Gasteiger partial charge is 0.306 e. The SMILES string of the molecule is CC/C=C\C/C=C\C/C=C\C/C=C\C/C=C\CCCCCCCCCCCCCCCC(=O)OCC(COC(=O)CCCCCCCCCCCCC)OC(=O)CCCCCCC/C=C\CCCCCCC. The Balaban J connectivity index is 4.18. The summed E-state index contributed by atoms with van der Waals surface area (Å²) >= 11 is 0. The first-order valence-corrected chi connectivity index (χ1v) is 30.9. The van der Waals surface area contributed by atoms with Gasteiger partial charge in [0.15, 0.2) is 6.10 Å². The van der Waals surface area contributed by atoms with E-state index in [1.54, 1.807) is 0 Å². The minimum atomic E-state index is -0.777. The van der Waals surface area contributed by atoms with Crippen LogP contribution in [0.25, 0.3) is 0 Å². The summed E-state index contributed by atoms with van der Waals surface area (Å²) < 4.78 is 16.9. The molecule has 0 radical (unpaired) electrons. The maximum absolute atomic E-state index is 12.8. The maximum atomic E-state index is 12.8. The Hall–Kier alpha value is -3.15. The first kappa shape index (κ1) is 68.8. The highest BCUT2D eigenvalue weighted by Gasteiger charge is 2.19. The Kier molecular flexibility index (Phi) is 57.8. The van der Waals surface area contributed by atoms with Gasteiger partial charge in [0, 0.05) is 19.3 Å². The number of hydrogen-bond acceptors (Lipinski definition) is 6. The molecule has 6 heteroatoms. The van der Waals surface area contributed by atoms with Crippen LogP contribution in [0, 0.1) is 0 Å². The third-order valence-electron chi connectivity index (χ3n) is 13.4. The van der Waals surface area contributed by atoms with Gasteiger partial charge in [0.2, 0.25) is 0 Å². The number of ether oxygens (including phenoxy) is 3. The van der Waals surface area contributed by atoms with Gasteiger partial charge < -0.3 is 14.2 Å². The molecule has 0 aromatic rings. The third-order valence-corrected chi connectivity index (χ3v) is 13.4. The molecule has 0 aliphatic heterocycles. The van der Waals surface area contributed by atoms with Crippen LogP contribution in [-0.2, 0) is 28.6 Å². The summed E-state index contributed by atoms with van der Waals surface area (Å²) in [4.78, 5) is 38.1. The molecule has 0 aliphatic carbocycles. The number of hydrogen-bond donors (Lipinski definition) is 0. The standard InChI is InChI=1S/C66H116O6/c1-4-7-10-13-16-19-22-24-26-27-28-29-30-31-32-33-34-35-36-37-38-39-40-42-44-47-50-53-56-59-65(68)71-62-63(61-70-64(67)58-55-52-49-46-43-21-18-15-12-9-6-3)72-66(69)60-57-54-51-48-45-41-25-23-20-17-14-11-8-5-2/h7,10,16,19,23-26,28-29,31-32,63H,4-6,8-9,11-15,17-18,20-22,27,30,33-62H2,1-3H3/b10-7-,19-16-,25-23-,26-24-,29-28-,32-31-. The zero-order chi connectivity index (χ0) is 52.2. The van der Waals surface area contributed by atoms with Gasteiger partial charge in [0.1, 0.15) is 13.2 Å². The zero-order valence-corrected chi connectivity index (χ0v) is 47.7. The Morgan fingerprint density at radius 3 is 0.861 bits per heavy atom. The van der Waals surface area contributed by atoms with Crippen LogP contribution in [-0.4, -0.2) is 37.2 Å². The molecule has 0 heterocycles. The molecule has 0 spiro atoms. The second kappa shape index (κ2) is 60.4. The molecule has 1 unspecified atom stereocenters. The lowest BCUT2D eigenvalue weighted by molar-refractivity contribution is -0.167. The Labute approximate surface area is 446 Å². The summed E-state index contributed by atoms with van der Waals surface area (Å²) in [5.41, 5.74) is 0. The minimum Gasteiger partial charge on any atom is -0.462 e. The second-order valence-electron chi connectivity index (χ2n) is 20.6.